The number of benzene rings is 2. The van der Waals surface area contributed by atoms with Gasteiger partial charge in [0.25, 0.3) is 5.91 Å². The zero-order valence-electron chi connectivity index (χ0n) is 12.4. The summed E-state index contributed by atoms with van der Waals surface area (Å²) in [5.74, 6) is 0.669. The third-order valence-electron chi connectivity index (χ3n) is 4.10. The molecule has 21 heavy (non-hydrogen) atoms. The van der Waals surface area contributed by atoms with Crippen LogP contribution in [0.15, 0.2) is 48.5 Å². The van der Waals surface area contributed by atoms with Crippen LogP contribution >= 0.6 is 0 Å². The number of ether oxygens (including phenoxy) is 1. The second-order valence-corrected chi connectivity index (χ2v) is 5.46. The van der Waals surface area contributed by atoms with E-state index in [0.29, 0.717) is 17.9 Å². The summed E-state index contributed by atoms with van der Waals surface area (Å²) in [6.07, 6.45) is 0.900. The first kappa shape index (κ1) is 13.7. The summed E-state index contributed by atoms with van der Waals surface area (Å²) in [5.41, 5.74) is 3.21. The van der Waals surface area contributed by atoms with Crippen LogP contribution in [0.4, 0.5) is 0 Å². The van der Waals surface area contributed by atoms with Gasteiger partial charge in [-0.3, -0.25) is 4.79 Å². The highest BCUT2D eigenvalue weighted by atomic mass is 16.5. The molecule has 1 unspecified atom stereocenters. The summed E-state index contributed by atoms with van der Waals surface area (Å²) in [7, 11) is 1.60. The molecule has 0 aliphatic carbocycles. The molecule has 3 heteroatoms. The molecule has 0 N–H and O–H groups in total. The molecule has 1 aliphatic rings. The summed E-state index contributed by atoms with van der Waals surface area (Å²) in [5, 5.41) is 0. The summed E-state index contributed by atoms with van der Waals surface area (Å²) in [6, 6.07) is 15.9. The molecule has 0 fully saturated rings. The molecule has 0 radical (unpaired) electrons. The maximum absolute atomic E-state index is 12.8. The molecule has 0 saturated carbocycles. The number of rotatable bonds is 2. The van der Waals surface area contributed by atoms with Crippen LogP contribution in [-0.4, -0.2) is 24.0 Å². The molecule has 0 aromatic heterocycles. The molecule has 1 atom stereocenters. The maximum Gasteiger partial charge on any atom is 0.258 e. The molecular formula is C18H19NO2. The Bertz CT molecular complexity index is 666. The second kappa shape index (κ2) is 5.60. The van der Waals surface area contributed by atoms with Crippen molar-refractivity contribution in [2.45, 2.75) is 25.9 Å². The number of nitrogens with zero attached hydrogens (tertiary/aromatic N) is 1. The van der Waals surface area contributed by atoms with Crippen molar-refractivity contribution in [3.05, 3.63) is 65.2 Å². The van der Waals surface area contributed by atoms with Crippen molar-refractivity contribution in [3.8, 4) is 5.75 Å². The van der Waals surface area contributed by atoms with Gasteiger partial charge in [0, 0.05) is 12.6 Å². The lowest BCUT2D eigenvalue weighted by Gasteiger charge is -2.35. The Morgan fingerprint density at radius 3 is 2.52 bits per heavy atom. The lowest BCUT2D eigenvalue weighted by molar-refractivity contribution is 0.0655. The van der Waals surface area contributed by atoms with Crippen LogP contribution in [0, 0.1) is 0 Å². The van der Waals surface area contributed by atoms with Gasteiger partial charge in [-0.15, -0.1) is 0 Å². The minimum absolute atomic E-state index is 0.0365. The van der Waals surface area contributed by atoms with Crippen LogP contribution in [0.3, 0.4) is 0 Å². The molecule has 2 aromatic rings. The Balaban J connectivity index is 1.92. The third-order valence-corrected chi connectivity index (χ3v) is 4.10. The van der Waals surface area contributed by atoms with E-state index in [1.54, 1.807) is 7.11 Å². The number of hydrogen-bond donors (Lipinski definition) is 0. The van der Waals surface area contributed by atoms with E-state index in [0.717, 1.165) is 6.42 Å². The average molecular weight is 281 g/mol. The standard InChI is InChI=1S/C18H19NO2/c1-13-11-14-7-3-4-8-15(14)12-19(13)18(20)16-9-5-6-10-17(16)21-2/h3-10,13H,11-12H2,1-2H3. The third kappa shape index (κ3) is 2.51. The summed E-state index contributed by atoms with van der Waals surface area (Å²) >= 11 is 0. The van der Waals surface area contributed by atoms with Gasteiger partial charge in [-0.2, -0.15) is 0 Å². The van der Waals surface area contributed by atoms with E-state index >= 15 is 0 Å². The first-order valence-electron chi connectivity index (χ1n) is 7.21. The van der Waals surface area contributed by atoms with Crippen LogP contribution in [0.2, 0.25) is 0 Å². The van der Waals surface area contributed by atoms with Crippen molar-refractivity contribution in [1.29, 1.82) is 0 Å². The first-order chi connectivity index (χ1) is 10.2. The quantitative estimate of drug-likeness (QED) is 0.845. The molecule has 0 saturated heterocycles. The number of carbonyl (C=O) groups is 1. The fourth-order valence-electron chi connectivity index (χ4n) is 2.93. The molecular weight excluding hydrogens is 262 g/mol. The van der Waals surface area contributed by atoms with Crippen molar-refractivity contribution in [3.63, 3.8) is 0 Å². The van der Waals surface area contributed by atoms with Gasteiger partial charge in [0.05, 0.1) is 12.7 Å². The van der Waals surface area contributed by atoms with E-state index < -0.39 is 0 Å². The van der Waals surface area contributed by atoms with E-state index in [-0.39, 0.29) is 11.9 Å². The smallest absolute Gasteiger partial charge is 0.258 e. The SMILES string of the molecule is COc1ccccc1C(=O)N1Cc2ccccc2CC1C. The van der Waals surface area contributed by atoms with Crippen molar-refractivity contribution in [2.75, 3.05) is 7.11 Å². The van der Waals surface area contributed by atoms with Crippen LogP contribution in [0.1, 0.15) is 28.4 Å². The fourth-order valence-corrected chi connectivity index (χ4v) is 2.93. The van der Waals surface area contributed by atoms with Crippen LogP contribution in [-0.2, 0) is 13.0 Å². The summed E-state index contributed by atoms with van der Waals surface area (Å²) in [6.45, 7) is 2.76. The largest absolute Gasteiger partial charge is 0.496 e. The molecule has 1 aliphatic heterocycles. The van der Waals surface area contributed by atoms with Gasteiger partial charge in [-0.1, -0.05) is 36.4 Å². The lowest BCUT2D eigenvalue weighted by atomic mass is 9.94. The Morgan fingerprint density at radius 1 is 1.10 bits per heavy atom. The average Bonchev–Trinajstić information content (AvgIpc) is 2.53. The summed E-state index contributed by atoms with van der Waals surface area (Å²) < 4.78 is 5.31. The van der Waals surface area contributed by atoms with Gasteiger partial charge in [0.15, 0.2) is 0 Å². The van der Waals surface area contributed by atoms with Crippen LogP contribution in [0.5, 0.6) is 5.75 Å². The van der Waals surface area contributed by atoms with Crippen LogP contribution in [0.25, 0.3) is 0 Å². The molecule has 0 spiro atoms. The Labute approximate surface area is 125 Å². The van der Waals surface area contributed by atoms with Crippen LogP contribution < -0.4 is 4.74 Å². The fraction of sp³-hybridized carbons (Fsp3) is 0.278. The molecule has 2 aromatic carbocycles. The Kier molecular flexibility index (Phi) is 3.65. The van der Waals surface area contributed by atoms with Crippen molar-refractivity contribution in [2.24, 2.45) is 0 Å². The van der Waals surface area contributed by atoms with E-state index in [2.05, 4.69) is 25.1 Å². The number of hydrogen-bond acceptors (Lipinski definition) is 2. The Morgan fingerprint density at radius 2 is 1.76 bits per heavy atom. The van der Waals surface area contributed by atoms with Gasteiger partial charge in [-0.25, -0.2) is 0 Å². The number of para-hydroxylation sites is 1. The predicted octanol–water partition coefficient (Wildman–Crippen LogP) is 3.28. The molecule has 0 bridgehead atoms. The predicted molar refractivity (Wildman–Crippen MR) is 82.5 cm³/mol. The molecule has 1 heterocycles. The van der Waals surface area contributed by atoms with Gasteiger partial charge in [0.1, 0.15) is 5.75 Å². The Hall–Kier alpha value is -2.29. The van der Waals surface area contributed by atoms with Gasteiger partial charge in [-0.05, 0) is 36.6 Å². The second-order valence-electron chi connectivity index (χ2n) is 5.46. The highest BCUT2D eigenvalue weighted by Crippen LogP contribution is 2.27. The van der Waals surface area contributed by atoms with E-state index in [1.807, 2.05) is 35.2 Å². The van der Waals surface area contributed by atoms with E-state index in [1.165, 1.54) is 11.1 Å². The van der Waals surface area contributed by atoms with Gasteiger partial charge < -0.3 is 9.64 Å². The topological polar surface area (TPSA) is 29.5 Å². The minimum Gasteiger partial charge on any atom is -0.496 e. The zero-order valence-corrected chi connectivity index (χ0v) is 12.4. The van der Waals surface area contributed by atoms with Crippen molar-refractivity contribution < 1.29 is 9.53 Å². The minimum atomic E-state index is 0.0365. The molecule has 3 rings (SSSR count). The molecule has 108 valence electrons. The number of methoxy groups -OCH3 is 1. The van der Waals surface area contributed by atoms with Gasteiger partial charge in [0.2, 0.25) is 0 Å². The van der Waals surface area contributed by atoms with E-state index in [9.17, 15) is 4.79 Å². The zero-order chi connectivity index (χ0) is 14.8. The lowest BCUT2D eigenvalue weighted by Crippen LogP contribution is -2.42. The summed E-state index contributed by atoms with van der Waals surface area (Å²) in [4.78, 5) is 14.8. The van der Waals surface area contributed by atoms with Gasteiger partial charge >= 0.3 is 0 Å². The highest BCUT2D eigenvalue weighted by Gasteiger charge is 2.28. The van der Waals surface area contributed by atoms with E-state index in [4.69, 9.17) is 4.74 Å². The number of amides is 1. The monoisotopic (exact) mass is 281 g/mol. The van der Waals surface area contributed by atoms with Crippen molar-refractivity contribution >= 4 is 5.91 Å². The molecule has 1 amide bonds. The number of fused-ring (bicyclic) bond motifs is 1. The maximum atomic E-state index is 12.8. The number of carbonyl (C=O) groups excluding carboxylic acids is 1. The van der Waals surface area contributed by atoms with Crippen molar-refractivity contribution in [1.82, 2.24) is 4.90 Å². The highest BCUT2D eigenvalue weighted by molar-refractivity contribution is 5.97. The first-order valence-corrected chi connectivity index (χ1v) is 7.21. The normalized spacial score (nSPS) is 17.2. The molecule has 3 nitrogen and oxygen atoms in total.